The van der Waals surface area contributed by atoms with E-state index in [4.69, 9.17) is 0 Å². The lowest BCUT2D eigenvalue weighted by atomic mass is 10.0. The number of amides is 1. The van der Waals surface area contributed by atoms with Crippen molar-refractivity contribution in [3.63, 3.8) is 0 Å². The molecule has 0 aliphatic carbocycles. The average molecular weight is 235 g/mol. The van der Waals surface area contributed by atoms with Crippen LogP contribution in [0, 0.1) is 0 Å². The van der Waals surface area contributed by atoms with Gasteiger partial charge >= 0.3 is 0 Å². The van der Waals surface area contributed by atoms with Gasteiger partial charge in [-0.2, -0.15) is 0 Å². The summed E-state index contributed by atoms with van der Waals surface area (Å²) < 4.78 is 0. The molecular formula is C13H17NOS. The van der Waals surface area contributed by atoms with Crippen LogP contribution in [0.1, 0.15) is 31.1 Å². The smallest absolute Gasteiger partial charge is 0.246 e. The molecular weight excluding hydrogens is 218 g/mol. The number of piperidine rings is 1. The predicted octanol–water partition coefficient (Wildman–Crippen LogP) is 3.16. The number of thiophene rings is 1. The monoisotopic (exact) mass is 235 g/mol. The number of rotatable bonds is 2. The Bertz CT molecular complexity index is 369. The van der Waals surface area contributed by atoms with Gasteiger partial charge in [-0.25, -0.2) is 0 Å². The Balaban J connectivity index is 1.97. The molecule has 1 aliphatic rings. The lowest BCUT2D eigenvalue weighted by Crippen LogP contribution is -2.41. The van der Waals surface area contributed by atoms with Gasteiger partial charge in [0.2, 0.25) is 5.91 Å². The number of nitrogens with zero attached hydrogens (tertiary/aromatic N) is 1. The van der Waals surface area contributed by atoms with Gasteiger partial charge in [0.25, 0.3) is 0 Å². The quantitative estimate of drug-likeness (QED) is 0.721. The molecule has 3 heteroatoms. The third-order valence-corrected chi connectivity index (χ3v) is 3.86. The Morgan fingerprint density at radius 2 is 2.44 bits per heavy atom. The maximum absolute atomic E-state index is 11.9. The number of carbonyl (C=O) groups is 1. The van der Waals surface area contributed by atoms with Crippen LogP contribution in [0.2, 0.25) is 0 Å². The molecule has 1 aliphatic heterocycles. The van der Waals surface area contributed by atoms with Gasteiger partial charge in [0.05, 0.1) is 0 Å². The summed E-state index contributed by atoms with van der Waals surface area (Å²) in [4.78, 5) is 15.1. The van der Waals surface area contributed by atoms with Gasteiger partial charge in [-0.3, -0.25) is 4.79 Å². The third-order valence-electron chi connectivity index (χ3n) is 3.02. The minimum Gasteiger partial charge on any atom is -0.336 e. The van der Waals surface area contributed by atoms with E-state index >= 15 is 0 Å². The molecule has 1 aromatic rings. The summed E-state index contributed by atoms with van der Waals surface area (Å²) in [6, 6.07) is 4.42. The first-order valence-electron chi connectivity index (χ1n) is 5.79. The normalized spacial score (nSPS) is 21.6. The highest BCUT2D eigenvalue weighted by Gasteiger charge is 2.20. The summed E-state index contributed by atoms with van der Waals surface area (Å²) in [5, 5.41) is 2.02. The van der Waals surface area contributed by atoms with Gasteiger partial charge in [-0.1, -0.05) is 6.07 Å². The van der Waals surface area contributed by atoms with E-state index in [0.717, 1.165) is 24.3 Å². The lowest BCUT2D eigenvalue weighted by Gasteiger charge is -2.32. The van der Waals surface area contributed by atoms with Crippen molar-refractivity contribution in [2.24, 2.45) is 0 Å². The highest BCUT2D eigenvalue weighted by atomic mass is 32.1. The van der Waals surface area contributed by atoms with Crippen molar-refractivity contribution < 1.29 is 4.79 Å². The van der Waals surface area contributed by atoms with Crippen LogP contribution in [0.5, 0.6) is 0 Å². The molecule has 2 heterocycles. The van der Waals surface area contributed by atoms with Crippen LogP contribution in [-0.2, 0) is 4.79 Å². The molecule has 0 radical (unpaired) electrons. The fourth-order valence-electron chi connectivity index (χ4n) is 2.06. The molecule has 1 atom stereocenters. The highest BCUT2D eigenvalue weighted by molar-refractivity contribution is 7.10. The molecule has 0 saturated carbocycles. The van der Waals surface area contributed by atoms with Crippen LogP contribution in [0.15, 0.2) is 23.6 Å². The van der Waals surface area contributed by atoms with Crippen molar-refractivity contribution in [1.29, 1.82) is 0 Å². The summed E-state index contributed by atoms with van der Waals surface area (Å²) in [7, 11) is 0. The number of hydrogen-bond donors (Lipinski definition) is 0. The molecule has 1 fully saturated rings. The van der Waals surface area contributed by atoms with Crippen LogP contribution in [0.4, 0.5) is 0 Å². The molecule has 0 unspecified atom stereocenters. The SMILES string of the molecule is C[C@@H]1CCCCN1C(=O)/C=C/c1cccs1. The van der Waals surface area contributed by atoms with Gasteiger partial charge in [-0.15, -0.1) is 11.3 Å². The van der Waals surface area contributed by atoms with E-state index in [2.05, 4.69) is 6.92 Å². The molecule has 0 aromatic carbocycles. The molecule has 1 aromatic heterocycles. The molecule has 0 N–H and O–H groups in total. The minimum atomic E-state index is 0.153. The topological polar surface area (TPSA) is 20.3 Å². The maximum atomic E-state index is 11.9. The second kappa shape index (κ2) is 5.30. The largest absolute Gasteiger partial charge is 0.336 e. The fourth-order valence-corrected chi connectivity index (χ4v) is 2.68. The van der Waals surface area contributed by atoms with E-state index < -0.39 is 0 Å². The maximum Gasteiger partial charge on any atom is 0.246 e. The molecule has 1 amide bonds. The Morgan fingerprint density at radius 3 is 3.12 bits per heavy atom. The summed E-state index contributed by atoms with van der Waals surface area (Å²) in [5.74, 6) is 0.153. The number of likely N-dealkylation sites (tertiary alicyclic amines) is 1. The van der Waals surface area contributed by atoms with Crippen molar-refractivity contribution in [1.82, 2.24) is 4.90 Å². The lowest BCUT2D eigenvalue weighted by molar-refractivity contribution is -0.129. The molecule has 1 saturated heterocycles. The fraction of sp³-hybridized carbons (Fsp3) is 0.462. The predicted molar refractivity (Wildman–Crippen MR) is 68.4 cm³/mol. The van der Waals surface area contributed by atoms with Gasteiger partial charge < -0.3 is 4.90 Å². The Labute approximate surface area is 101 Å². The van der Waals surface area contributed by atoms with Gasteiger partial charge in [0.1, 0.15) is 0 Å². The van der Waals surface area contributed by atoms with E-state index in [1.807, 2.05) is 28.5 Å². The van der Waals surface area contributed by atoms with Crippen LogP contribution >= 0.6 is 11.3 Å². The summed E-state index contributed by atoms with van der Waals surface area (Å²) >= 11 is 1.65. The van der Waals surface area contributed by atoms with E-state index in [1.165, 1.54) is 6.42 Å². The average Bonchev–Trinajstić information content (AvgIpc) is 2.79. The second-order valence-corrected chi connectivity index (χ2v) is 5.20. The van der Waals surface area contributed by atoms with Crippen LogP contribution in [-0.4, -0.2) is 23.4 Å². The first-order valence-corrected chi connectivity index (χ1v) is 6.67. The number of hydrogen-bond acceptors (Lipinski definition) is 2. The third kappa shape index (κ3) is 2.73. The van der Waals surface area contributed by atoms with Crippen molar-refractivity contribution in [2.45, 2.75) is 32.2 Å². The summed E-state index contributed by atoms with van der Waals surface area (Å²) in [6.45, 7) is 3.05. The van der Waals surface area contributed by atoms with Crippen LogP contribution in [0.25, 0.3) is 6.08 Å². The Kier molecular flexibility index (Phi) is 3.78. The minimum absolute atomic E-state index is 0.153. The van der Waals surface area contributed by atoms with Crippen LogP contribution in [0.3, 0.4) is 0 Å². The molecule has 86 valence electrons. The van der Waals surface area contributed by atoms with Gasteiger partial charge in [0, 0.05) is 23.5 Å². The second-order valence-electron chi connectivity index (χ2n) is 4.23. The van der Waals surface area contributed by atoms with E-state index in [0.29, 0.717) is 6.04 Å². The first kappa shape index (κ1) is 11.4. The zero-order valence-corrected chi connectivity index (χ0v) is 10.4. The highest BCUT2D eigenvalue weighted by Crippen LogP contribution is 2.17. The van der Waals surface area contributed by atoms with E-state index in [-0.39, 0.29) is 5.91 Å². The van der Waals surface area contributed by atoms with Gasteiger partial charge in [0.15, 0.2) is 0 Å². The molecule has 0 spiro atoms. The van der Waals surface area contributed by atoms with E-state index in [1.54, 1.807) is 17.4 Å². The zero-order valence-electron chi connectivity index (χ0n) is 9.56. The zero-order chi connectivity index (χ0) is 11.4. The molecule has 0 bridgehead atoms. The summed E-state index contributed by atoms with van der Waals surface area (Å²) in [6.07, 6.45) is 7.14. The van der Waals surface area contributed by atoms with Crippen molar-refractivity contribution in [2.75, 3.05) is 6.54 Å². The van der Waals surface area contributed by atoms with Crippen molar-refractivity contribution in [3.05, 3.63) is 28.5 Å². The van der Waals surface area contributed by atoms with Crippen molar-refractivity contribution in [3.8, 4) is 0 Å². The standard InChI is InChI=1S/C13H17NOS/c1-11-5-2-3-9-14(11)13(15)8-7-12-6-4-10-16-12/h4,6-8,10-11H,2-3,5,9H2,1H3/b8-7+/t11-/m1/s1. The van der Waals surface area contributed by atoms with E-state index in [9.17, 15) is 4.79 Å². The molecule has 16 heavy (non-hydrogen) atoms. The molecule has 2 nitrogen and oxygen atoms in total. The Hall–Kier alpha value is -1.09. The summed E-state index contributed by atoms with van der Waals surface area (Å²) in [5.41, 5.74) is 0. The first-order chi connectivity index (χ1) is 7.77. The Morgan fingerprint density at radius 1 is 1.56 bits per heavy atom. The number of carbonyl (C=O) groups excluding carboxylic acids is 1. The van der Waals surface area contributed by atoms with Crippen molar-refractivity contribution >= 4 is 23.3 Å². The molecule has 2 rings (SSSR count). The van der Waals surface area contributed by atoms with Gasteiger partial charge in [-0.05, 0) is 43.7 Å². The van der Waals surface area contributed by atoms with Crippen LogP contribution < -0.4 is 0 Å².